The Labute approximate surface area is 175 Å². The van der Waals surface area contributed by atoms with Gasteiger partial charge >= 0.3 is 0 Å². The van der Waals surface area contributed by atoms with Crippen molar-refractivity contribution in [2.24, 2.45) is 0 Å². The number of carbonyl (C=O) groups is 1. The number of hydrogen-bond donors (Lipinski definition) is 2. The van der Waals surface area contributed by atoms with E-state index in [0.717, 1.165) is 48.0 Å². The van der Waals surface area contributed by atoms with Crippen LogP contribution in [0.1, 0.15) is 65.7 Å². The maximum absolute atomic E-state index is 13.2. The van der Waals surface area contributed by atoms with Crippen molar-refractivity contribution in [3.05, 3.63) is 33.6 Å². The van der Waals surface area contributed by atoms with E-state index < -0.39 is 0 Å². The number of nitrogens with one attached hydrogen (secondary N) is 1. The Hall–Kier alpha value is -2.25. The second kappa shape index (κ2) is 7.88. The van der Waals surface area contributed by atoms with E-state index in [1.165, 1.54) is 9.75 Å². The SMILES string of the molecule is Cc1cc(-c2cc(C(=O)NC3CCC(O)CC3)c3cnn(C(C)C)c3n2)c(C)s1. The van der Waals surface area contributed by atoms with Crippen LogP contribution in [-0.4, -0.2) is 37.9 Å². The highest BCUT2D eigenvalue weighted by molar-refractivity contribution is 7.12. The van der Waals surface area contributed by atoms with E-state index in [1.807, 2.05) is 10.7 Å². The maximum atomic E-state index is 13.2. The van der Waals surface area contributed by atoms with Gasteiger partial charge < -0.3 is 10.4 Å². The molecule has 4 rings (SSSR count). The third-order valence-electron chi connectivity index (χ3n) is 5.65. The van der Waals surface area contributed by atoms with Crippen molar-refractivity contribution in [1.29, 1.82) is 0 Å². The van der Waals surface area contributed by atoms with Crippen LogP contribution < -0.4 is 5.32 Å². The van der Waals surface area contributed by atoms with Gasteiger partial charge in [0, 0.05) is 27.4 Å². The zero-order valence-electron chi connectivity index (χ0n) is 17.4. The van der Waals surface area contributed by atoms with Gasteiger partial charge in [0.05, 0.1) is 28.9 Å². The van der Waals surface area contributed by atoms with Gasteiger partial charge in [-0.2, -0.15) is 5.10 Å². The van der Waals surface area contributed by atoms with Crippen LogP contribution in [0.4, 0.5) is 0 Å². The Bertz CT molecular complexity index is 1040. The average molecular weight is 413 g/mol. The van der Waals surface area contributed by atoms with E-state index in [-0.39, 0.29) is 24.1 Å². The molecule has 2 N–H and O–H groups in total. The third-order valence-corrected chi connectivity index (χ3v) is 6.62. The number of amides is 1. The Balaban J connectivity index is 1.77. The monoisotopic (exact) mass is 412 g/mol. The van der Waals surface area contributed by atoms with Crippen molar-refractivity contribution in [3.63, 3.8) is 0 Å². The summed E-state index contributed by atoms with van der Waals surface area (Å²) in [7, 11) is 0. The molecule has 6 nitrogen and oxygen atoms in total. The molecule has 0 unspecified atom stereocenters. The Kier molecular flexibility index (Phi) is 5.44. The molecular weight excluding hydrogens is 384 g/mol. The number of pyridine rings is 1. The van der Waals surface area contributed by atoms with Gasteiger partial charge in [0.1, 0.15) is 0 Å². The molecule has 1 fully saturated rings. The number of aryl methyl sites for hydroxylation is 2. The minimum atomic E-state index is -0.239. The highest BCUT2D eigenvalue weighted by atomic mass is 32.1. The van der Waals surface area contributed by atoms with Gasteiger partial charge in [0.2, 0.25) is 0 Å². The second-order valence-electron chi connectivity index (χ2n) is 8.28. The highest BCUT2D eigenvalue weighted by Crippen LogP contribution is 2.32. The molecule has 0 aromatic carbocycles. The number of nitrogens with zero attached hydrogens (tertiary/aromatic N) is 3. The van der Waals surface area contributed by atoms with Crippen molar-refractivity contribution in [1.82, 2.24) is 20.1 Å². The minimum Gasteiger partial charge on any atom is -0.393 e. The Morgan fingerprint density at radius 1 is 1.24 bits per heavy atom. The molecule has 3 aromatic heterocycles. The quantitative estimate of drug-likeness (QED) is 0.666. The van der Waals surface area contributed by atoms with Crippen LogP contribution >= 0.6 is 11.3 Å². The van der Waals surface area contributed by atoms with Crippen molar-refractivity contribution in [2.75, 3.05) is 0 Å². The fourth-order valence-electron chi connectivity index (χ4n) is 4.09. The summed E-state index contributed by atoms with van der Waals surface area (Å²) in [6.45, 7) is 8.30. The van der Waals surface area contributed by atoms with Gasteiger partial charge in [-0.1, -0.05) is 0 Å². The second-order valence-corrected chi connectivity index (χ2v) is 9.74. The summed E-state index contributed by atoms with van der Waals surface area (Å²) in [5.74, 6) is -0.0899. The molecule has 7 heteroatoms. The van der Waals surface area contributed by atoms with Crippen molar-refractivity contribution >= 4 is 28.3 Å². The van der Waals surface area contributed by atoms with Crippen LogP contribution in [0.25, 0.3) is 22.3 Å². The van der Waals surface area contributed by atoms with Crippen molar-refractivity contribution < 1.29 is 9.90 Å². The van der Waals surface area contributed by atoms with E-state index in [4.69, 9.17) is 4.98 Å². The molecule has 0 saturated heterocycles. The molecule has 0 bridgehead atoms. The van der Waals surface area contributed by atoms with Gasteiger partial charge in [0.25, 0.3) is 5.91 Å². The van der Waals surface area contributed by atoms with Crippen molar-refractivity contribution in [3.8, 4) is 11.3 Å². The zero-order chi connectivity index (χ0) is 20.7. The fourth-order valence-corrected chi connectivity index (χ4v) is 5.02. The standard InChI is InChI=1S/C22H28N4O2S/c1-12(2)26-21-19(11-23-26)18(22(28)24-15-5-7-16(27)8-6-15)10-20(25-21)17-9-13(3)29-14(17)4/h9-12,15-16,27H,5-8H2,1-4H3,(H,24,28). The number of thiophene rings is 1. The Morgan fingerprint density at radius 2 is 1.97 bits per heavy atom. The van der Waals surface area contributed by atoms with Gasteiger partial charge in [-0.3, -0.25) is 4.79 Å². The maximum Gasteiger partial charge on any atom is 0.252 e. The summed E-state index contributed by atoms with van der Waals surface area (Å²) in [4.78, 5) is 20.5. The lowest BCUT2D eigenvalue weighted by molar-refractivity contribution is 0.0869. The number of rotatable bonds is 4. The molecule has 3 aromatic rings. The first kappa shape index (κ1) is 20.0. The average Bonchev–Trinajstić information content (AvgIpc) is 3.25. The number of carbonyl (C=O) groups excluding carboxylic acids is 1. The number of hydrogen-bond acceptors (Lipinski definition) is 5. The summed E-state index contributed by atoms with van der Waals surface area (Å²) < 4.78 is 1.88. The van der Waals surface area contributed by atoms with Crippen molar-refractivity contribution in [2.45, 2.75) is 71.6 Å². The molecule has 0 atom stereocenters. The number of aliphatic hydroxyl groups excluding tert-OH is 1. The first-order valence-electron chi connectivity index (χ1n) is 10.3. The smallest absolute Gasteiger partial charge is 0.252 e. The summed E-state index contributed by atoms with van der Waals surface area (Å²) in [6, 6.07) is 4.28. The lowest BCUT2D eigenvalue weighted by Crippen LogP contribution is -2.38. The Morgan fingerprint density at radius 3 is 2.59 bits per heavy atom. The molecular formula is C22H28N4O2S. The van der Waals surface area contributed by atoms with Crippen LogP contribution in [-0.2, 0) is 0 Å². The summed E-state index contributed by atoms with van der Waals surface area (Å²) in [5.41, 5.74) is 3.24. The largest absolute Gasteiger partial charge is 0.393 e. The predicted molar refractivity (Wildman–Crippen MR) is 116 cm³/mol. The molecule has 0 radical (unpaired) electrons. The molecule has 1 saturated carbocycles. The molecule has 154 valence electrons. The summed E-state index contributed by atoms with van der Waals surface area (Å²) >= 11 is 1.74. The summed E-state index contributed by atoms with van der Waals surface area (Å²) in [6.07, 6.45) is 4.60. The third kappa shape index (κ3) is 3.94. The van der Waals surface area contributed by atoms with E-state index in [9.17, 15) is 9.90 Å². The number of aliphatic hydroxyl groups is 1. The number of aromatic nitrogens is 3. The van der Waals surface area contributed by atoms with Crippen LogP contribution in [0, 0.1) is 13.8 Å². The molecule has 29 heavy (non-hydrogen) atoms. The zero-order valence-corrected chi connectivity index (χ0v) is 18.2. The molecule has 3 heterocycles. The summed E-state index contributed by atoms with van der Waals surface area (Å²) in [5, 5.41) is 18.2. The van der Waals surface area contributed by atoms with E-state index in [2.05, 4.69) is 44.2 Å². The lowest BCUT2D eigenvalue weighted by atomic mass is 9.93. The van der Waals surface area contributed by atoms with Gasteiger partial charge in [0.15, 0.2) is 5.65 Å². The van der Waals surface area contributed by atoms with E-state index >= 15 is 0 Å². The topological polar surface area (TPSA) is 80.0 Å². The molecule has 1 aliphatic rings. The van der Waals surface area contributed by atoms with Gasteiger partial charge in [-0.25, -0.2) is 9.67 Å². The molecule has 0 aliphatic heterocycles. The highest BCUT2D eigenvalue weighted by Gasteiger charge is 2.24. The van der Waals surface area contributed by atoms with Crippen LogP contribution in [0.15, 0.2) is 18.3 Å². The minimum absolute atomic E-state index is 0.0899. The normalized spacial score (nSPS) is 19.8. The van der Waals surface area contributed by atoms with Gasteiger partial charge in [-0.05, 0) is 65.5 Å². The first-order valence-corrected chi connectivity index (χ1v) is 11.1. The van der Waals surface area contributed by atoms with Gasteiger partial charge in [-0.15, -0.1) is 11.3 Å². The fraction of sp³-hybridized carbons (Fsp3) is 0.500. The lowest BCUT2D eigenvalue weighted by Gasteiger charge is -2.26. The first-order chi connectivity index (χ1) is 13.8. The molecule has 0 spiro atoms. The molecule has 1 aliphatic carbocycles. The van der Waals surface area contributed by atoms with E-state index in [1.54, 1.807) is 17.5 Å². The van der Waals surface area contributed by atoms with E-state index in [0.29, 0.717) is 5.56 Å². The van der Waals surface area contributed by atoms with Crippen LogP contribution in [0.3, 0.4) is 0 Å². The van der Waals surface area contributed by atoms with Crippen LogP contribution in [0.2, 0.25) is 0 Å². The molecule has 1 amide bonds. The number of fused-ring (bicyclic) bond motifs is 1. The predicted octanol–water partition coefficient (Wildman–Crippen LogP) is 4.39. The van der Waals surface area contributed by atoms with Crippen LogP contribution in [0.5, 0.6) is 0 Å².